The van der Waals surface area contributed by atoms with Crippen LogP contribution in [0.5, 0.6) is 5.75 Å². The average Bonchev–Trinajstić information content (AvgIpc) is 2.56. The maximum absolute atomic E-state index is 12.1. The molecule has 1 N–H and O–H groups in total. The fraction of sp³-hybridized carbons (Fsp3) is 0.167. The normalized spacial score (nSPS) is 11.5. The second-order valence-corrected chi connectivity index (χ2v) is 5.97. The first kappa shape index (κ1) is 18.9. The van der Waals surface area contributed by atoms with Crippen LogP contribution in [0.4, 0.5) is 18.9 Å². The molecular weight excluding hydrogens is 351 g/mol. The molecule has 0 aliphatic heterocycles. The van der Waals surface area contributed by atoms with E-state index in [9.17, 15) is 18.0 Å². The minimum Gasteiger partial charge on any atom is -0.406 e. The van der Waals surface area contributed by atoms with Crippen molar-refractivity contribution in [2.75, 3.05) is 11.1 Å². The van der Waals surface area contributed by atoms with Crippen LogP contribution in [-0.4, -0.2) is 18.0 Å². The first-order chi connectivity index (χ1) is 11.9. The van der Waals surface area contributed by atoms with Gasteiger partial charge in [0.05, 0.1) is 0 Å². The molecule has 0 radical (unpaired) electrons. The second-order valence-electron chi connectivity index (χ2n) is 4.95. The standard InChI is InChI=1S/C18H16F3NO2S/c19-18(20,21)24-16-8-6-15(7-9-16)22-17(23)11-13-25-12-10-14-4-2-1-3-5-14/h1-10,12H,11,13H2,(H,22,23). The van der Waals surface area contributed by atoms with Gasteiger partial charge in [-0.2, -0.15) is 0 Å². The molecule has 0 fully saturated rings. The summed E-state index contributed by atoms with van der Waals surface area (Å²) in [5, 5.41) is 4.55. The molecule has 2 aromatic carbocycles. The molecule has 0 aliphatic carbocycles. The van der Waals surface area contributed by atoms with Crippen LogP contribution in [0, 0.1) is 0 Å². The average molecular weight is 367 g/mol. The Hall–Kier alpha value is -2.41. The summed E-state index contributed by atoms with van der Waals surface area (Å²) in [7, 11) is 0. The van der Waals surface area contributed by atoms with Crippen LogP contribution in [0.2, 0.25) is 0 Å². The van der Waals surface area contributed by atoms with Gasteiger partial charge in [0, 0.05) is 17.9 Å². The van der Waals surface area contributed by atoms with Gasteiger partial charge < -0.3 is 10.1 Å². The first-order valence-corrected chi connectivity index (χ1v) is 8.46. The Morgan fingerprint density at radius 3 is 2.40 bits per heavy atom. The lowest BCUT2D eigenvalue weighted by molar-refractivity contribution is -0.274. The number of carbonyl (C=O) groups is 1. The van der Waals surface area contributed by atoms with Gasteiger partial charge in [-0.1, -0.05) is 30.3 Å². The van der Waals surface area contributed by atoms with E-state index in [-0.39, 0.29) is 11.7 Å². The fourth-order valence-electron chi connectivity index (χ4n) is 1.87. The summed E-state index contributed by atoms with van der Waals surface area (Å²) >= 11 is 1.51. The number of nitrogens with one attached hydrogen (secondary N) is 1. The van der Waals surface area contributed by atoms with E-state index in [1.807, 2.05) is 41.8 Å². The zero-order valence-electron chi connectivity index (χ0n) is 13.1. The summed E-state index contributed by atoms with van der Waals surface area (Å²) in [6, 6.07) is 14.8. The molecule has 132 valence electrons. The monoisotopic (exact) mass is 367 g/mol. The van der Waals surface area contributed by atoms with E-state index in [1.54, 1.807) is 0 Å². The molecule has 0 heterocycles. The SMILES string of the molecule is O=C(CCSC=Cc1ccccc1)Nc1ccc(OC(F)(F)F)cc1. The largest absolute Gasteiger partial charge is 0.573 e. The number of rotatable bonds is 7. The maximum atomic E-state index is 12.1. The highest BCUT2D eigenvalue weighted by Crippen LogP contribution is 2.24. The number of benzene rings is 2. The van der Waals surface area contributed by atoms with Crippen molar-refractivity contribution in [2.24, 2.45) is 0 Å². The molecule has 25 heavy (non-hydrogen) atoms. The highest BCUT2D eigenvalue weighted by molar-refractivity contribution is 8.02. The summed E-state index contributed by atoms with van der Waals surface area (Å²) in [6.45, 7) is 0. The third kappa shape index (κ3) is 7.80. The number of anilines is 1. The molecule has 0 atom stereocenters. The van der Waals surface area contributed by atoms with Gasteiger partial charge in [-0.05, 0) is 41.3 Å². The Morgan fingerprint density at radius 2 is 1.76 bits per heavy atom. The van der Waals surface area contributed by atoms with E-state index in [4.69, 9.17) is 0 Å². The molecule has 0 aliphatic rings. The fourth-order valence-corrected chi connectivity index (χ4v) is 2.57. The van der Waals surface area contributed by atoms with E-state index in [2.05, 4.69) is 10.1 Å². The van der Waals surface area contributed by atoms with E-state index >= 15 is 0 Å². The minimum absolute atomic E-state index is 0.204. The predicted molar refractivity (Wildman–Crippen MR) is 94.3 cm³/mol. The number of alkyl halides is 3. The molecule has 7 heteroatoms. The number of amides is 1. The van der Waals surface area contributed by atoms with Gasteiger partial charge in [-0.15, -0.1) is 24.9 Å². The predicted octanol–water partition coefficient (Wildman–Crippen LogP) is 5.32. The lowest BCUT2D eigenvalue weighted by atomic mass is 10.2. The number of carbonyl (C=O) groups excluding carboxylic acids is 1. The third-order valence-corrected chi connectivity index (χ3v) is 3.74. The van der Waals surface area contributed by atoms with Gasteiger partial charge in [-0.3, -0.25) is 4.79 Å². The van der Waals surface area contributed by atoms with Gasteiger partial charge in [0.2, 0.25) is 5.91 Å². The number of thioether (sulfide) groups is 1. The van der Waals surface area contributed by atoms with E-state index < -0.39 is 6.36 Å². The molecule has 2 aromatic rings. The highest BCUT2D eigenvalue weighted by Gasteiger charge is 2.30. The van der Waals surface area contributed by atoms with Crippen molar-refractivity contribution >= 4 is 29.4 Å². The lowest BCUT2D eigenvalue weighted by Crippen LogP contribution is -2.17. The molecule has 2 rings (SSSR count). The third-order valence-electron chi connectivity index (χ3n) is 2.97. The van der Waals surface area contributed by atoms with Gasteiger partial charge in [-0.25, -0.2) is 0 Å². The Kier molecular flexibility index (Phi) is 6.94. The van der Waals surface area contributed by atoms with Crippen molar-refractivity contribution in [3.63, 3.8) is 0 Å². The van der Waals surface area contributed by atoms with Crippen LogP contribution in [-0.2, 0) is 4.79 Å². The molecule has 0 unspecified atom stereocenters. The van der Waals surface area contributed by atoms with Gasteiger partial charge in [0.1, 0.15) is 5.75 Å². The van der Waals surface area contributed by atoms with Crippen molar-refractivity contribution in [3.8, 4) is 5.75 Å². The number of hydrogen-bond acceptors (Lipinski definition) is 3. The second kappa shape index (κ2) is 9.17. The van der Waals surface area contributed by atoms with Crippen molar-refractivity contribution in [1.82, 2.24) is 0 Å². The number of halogens is 3. The van der Waals surface area contributed by atoms with Gasteiger partial charge in [0.15, 0.2) is 0 Å². The summed E-state index contributed by atoms with van der Waals surface area (Å²) < 4.78 is 40.0. The topological polar surface area (TPSA) is 38.3 Å². The molecule has 1 amide bonds. The Bertz CT molecular complexity index is 701. The highest BCUT2D eigenvalue weighted by atomic mass is 32.2. The zero-order chi connectivity index (χ0) is 18.1. The molecule has 0 bridgehead atoms. The molecule has 0 saturated carbocycles. The smallest absolute Gasteiger partial charge is 0.406 e. The van der Waals surface area contributed by atoms with Crippen LogP contribution in [0.3, 0.4) is 0 Å². The molecule has 0 saturated heterocycles. The molecule has 0 spiro atoms. The van der Waals surface area contributed by atoms with Crippen molar-refractivity contribution in [3.05, 3.63) is 65.6 Å². The van der Waals surface area contributed by atoms with Gasteiger partial charge in [0.25, 0.3) is 0 Å². The number of hydrogen-bond donors (Lipinski definition) is 1. The van der Waals surface area contributed by atoms with Crippen LogP contribution in [0.25, 0.3) is 6.08 Å². The van der Waals surface area contributed by atoms with Crippen molar-refractivity contribution < 1.29 is 22.7 Å². The Balaban J connectivity index is 1.70. The lowest BCUT2D eigenvalue weighted by Gasteiger charge is -2.09. The molecule has 3 nitrogen and oxygen atoms in total. The summed E-state index contributed by atoms with van der Waals surface area (Å²) in [4.78, 5) is 11.8. The van der Waals surface area contributed by atoms with Crippen LogP contribution >= 0.6 is 11.8 Å². The van der Waals surface area contributed by atoms with E-state index in [0.717, 1.165) is 17.7 Å². The van der Waals surface area contributed by atoms with Gasteiger partial charge >= 0.3 is 6.36 Å². The van der Waals surface area contributed by atoms with E-state index in [1.165, 1.54) is 23.9 Å². The van der Waals surface area contributed by atoms with Crippen LogP contribution < -0.4 is 10.1 Å². The van der Waals surface area contributed by atoms with Crippen LogP contribution in [0.1, 0.15) is 12.0 Å². The zero-order valence-corrected chi connectivity index (χ0v) is 13.9. The quantitative estimate of drug-likeness (QED) is 0.673. The Labute approximate surface area is 147 Å². The Morgan fingerprint density at radius 1 is 1.08 bits per heavy atom. The summed E-state index contributed by atoms with van der Waals surface area (Å²) in [6.07, 6.45) is -2.47. The maximum Gasteiger partial charge on any atom is 0.573 e. The van der Waals surface area contributed by atoms with Crippen molar-refractivity contribution in [2.45, 2.75) is 12.8 Å². The van der Waals surface area contributed by atoms with Crippen molar-refractivity contribution in [1.29, 1.82) is 0 Å². The summed E-state index contributed by atoms with van der Waals surface area (Å²) in [5.41, 5.74) is 1.50. The molecule has 0 aromatic heterocycles. The summed E-state index contributed by atoms with van der Waals surface area (Å²) in [5.74, 6) is 0.0713. The minimum atomic E-state index is -4.73. The number of ether oxygens (including phenoxy) is 1. The van der Waals surface area contributed by atoms with E-state index in [0.29, 0.717) is 17.9 Å². The first-order valence-electron chi connectivity index (χ1n) is 7.41. The van der Waals surface area contributed by atoms with Crippen LogP contribution in [0.15, 0.2) is 60.0 Å². The molecular formula is C18H16F3NO2S.